The zero-order valence-electron chi connectivity index (χ0n) is 8.05. The first-order valence-corrected chi connectivity index (χ1v) is 5.05. The highest BCUT2D eigenvalue weighted by molar-refractivity contribution is 5.83. The van der Waals surface area contributed by atoms with Gasteiger partial charge in [0.15, 0.2) is 0 Å². The molecule has 0 radical (unpaired) electrons. The number of hydrogen-bond acceptors (Lipinski definition) is 1. The Morgan fingerprint density at radius 3 is 2.38 bits per heavy atom. The Morgan fingerprint density at radius 2 is 1.92 bits per heavy atom. The fourth-order valence-electron chi connectivity index (χ4n) is 2.34. The van der Waals surface area contributed by atoms with Crippen LogP contribution in [0.5, 0.6) is 0 Å². The Kier molecular flexibility index (Phi) is 2.05. The molecule has 0 aromatic carbocycles. The van der Waals surface area contributed by atoms with E-state index in [1.165, 1.54) is 0 Å². The van der Waals surface area contributed by atoms with Gasteiger partial charge in [0, 0.05) is 5.41 Å². The lowest BCUT2D eigenvalue weighted by Gasteiger charge is -2.39. The van der Waals surface area contributed by atoms with Crippen molar-refractivity contribution in [3.63, 3.8) is 0 Å². The summed E-state index contributed by atoms with van der Waals surface area (Å²) in [5.41, 5.74) is -0.167. The minimum atomic E-state index is -0.769. The van der Waals surface area contributed by atoms with Crippen LogP contribution in [0.15, 0.2) is 0 Å². The van der Waals surface area contributed by atoms with E-state index in [4.69, 9.17) is 0 Å². The van der Waals surface area contributed by atoms with Crippen LogP contribution in [0, 0.1) is 5.41 Å². The molecule has 0 aromatic heterocycles. The number of nitrogens with zero attached hydrogens (tertiary/aromatic N) is 1. The second kappa shape index (κ2) is 2.96. The average Bonchev–Trinajstić information content (AvgIpc) is 2.46. The highest BCUT2D eigenvalue weighted by atomic mass is 19.1. The molecule has 0 spiro atoms. The lowest BCUT2D eigenvalue weighted by molar-refractivity contribution is -0.148. The van der Waals surface area contributed by atoms with E-state index in [9.17, 15) is 9.18 Å². The minimum absolute atomic E-state index is 0.167. The van der Waals surface area contributed by atoms with Crippen molar-refractivity contribution >= 4 is 5.91 Å². The number of amides is 1. The number of carbonyl (C=O) groups is 1. The van der Waals surface area contributed by atoms with Gasteiger partial charge in [-0.1, -0.05) is 19.8 Å². The number of halogens is 1. The van der Waals surface area contributed by atoms with Crippen molar-refractivity contribution in [1.29, 1.82) is 0 Å². The summed E-state index contributed by atoms with van der Waals surface area (Å²) in [5.74, 6) is 0.180. The van der Waals surface area contributed by atoms with E-state index in [1.54, 1.807) is 4.90 Å². The first kappa shape index (κ1) is 8.97. The Bertz CT molecular complexity index is 217. The van der Waals surface area contributed by atoms with Gasteiger partial charge in [-0.05, 0) is 12.8 Å². The maximum Gasteiger partial charge on any atom is 0.228 e. The molecule has 1 heterocycles. The third-order valence-electron chi connectivity index (χ3n) is 3.35. The van der Waals surface area contributed by atoms with Gasteiger partial charge in [-0.25, -0.2) is 4.39 Å². The van der Waals surface area contributed by atoms with Crippen molar-refractivity contribution in [2.24, 2.45) is 5.41 Å². The highest BCUT2D eigenvalue weighted by Gasteiger charge is 2.42. The van der Waals surface area contributed by atoms with Gasteiger partial charge < -0.3 is 4.90 Å². The molecule has 74 valence electrons. The highest BCUT2D eigenvalue weighted by Crippen LogP contribution is 2.40. The number of hydrogen-bond donors (Lipinski definition) is 0. The summed E-state index contributed by atoms with van der Waals surface area (Å²) in [6, 6.07) is 0. The first-order valence-electron chi connectivity index (χ1n) is 5.05. The van der Waals surface area contributed by atoms with Gasteiger partial charge in [-0.2, -0.15) is 0 Å². The quantitative estimate of drug-likeness (QED) is 0.609. The Balaban J connectivity index is 1.96. The van der Waals surface area contributed by atoms with Crippen molar-refractivity contribution in [2.75, 3.05) is 13.1 Å². The van der Waals surface area contributed by atoms with Crippen LogP contribution in [-0.2, 0) is 4.79 Å². The van der Waals surface area contributed by atoms with Crippen LogP contribution in [0.1, 0.15) is 32.6 Å². The van der Waals surface area contributed by atoms with Crippen molar-refractivity contribution in [1.82, 2.24) is 4.90 Å². The first-order chi connectivity index (χ1) is 6.12. The summed E-state index contributed by atoms with van der Waals surface area (Å²) in [6.45, 7) is 2.68. The standard InChI is InChI=1S/C10H16FNO/c1-10(4-2-3-5-10)9(13)12-6-8(11)7-12/h8H,2-7H2,1H3. The molecule has 1 saturated heterocycles. The molecule has 3 heteroatoms. The predicted octanol–water partition coefficient (Wildman–Crippen LogP) is 1.75. The fourth-order valence-corrected chi connectivity index (χ4v) is 2.34. The van der Waals surface area contributed by atoms with E-state index in [0.717, 1.165) is 25.7 Å². The number of likely N-dealkylation sites (tertiary alicyclic amines) is 1. The molecule has 0 aromatic rings. The molecule has 0 N–H and O–H groups in total. The third-order valence-corrected chi connectivity index (χ3v) is 3.35. The van der Waals surface area contributed by atoms with Crippen LogP contribution >= 0.6 is 0 Å². The summed E-state index contributed by atoms with van der Waals surface area (Å²) in [5, 5.41) is 0. The van der Waals surface area contributed by atoms with Crippen LogP contribution in [0.2, 0.25) is 0 Å². The SMILES string of the molecule is CC1(C(=O)N2CC(F)C2)CCCC1. The molecule has 1 saturated carbocycles. The summed E-state index contributed by atoms with van der Waals surface area (Å²) < 4.78 is 12.5. The van der Waals surface area contributed by atoms with Gasteiger partial charge in [-0.3, -0.25) is 4.79 Å². The summed E-state index contributed by atoms with van der Waals surface area (Å²) in [4.78, 5) is 13.5. The van der Waals surface area contributed by atoms with E-state index in [-0.39, 0.29) is 11.3 Å². The van der Waals surface area contributed by atoms with E-state index in [2.05, 4.69) is 0 Å². The normalized spacial score (nSPS) is 27.4. The monoisotopic (exact) mass is 185 g/mol. The average molecular weight is 185 g/mol. The predicted molar refractivity (Wildman–Crippen MR) is 48.1 cm³/mol. The maximum atomic E-state index is 12.5. The zero-order valence-corrected chi connectivity index (χ0v) is 8.05. The molecular formula is C10H16FNO. The second-order valence-corrected chi connectivity index (χ2v) is 4.58. The largest absolute Gasteiger partial charge is 0.336 e. The smallest absolute Gasteiger partial charge is 0.228 e. The molecule has 1 amide bonds. The van der Waals surface area contributed by atoms with E-state index in [1.807, 2.05) is 6.92 Å². The maximum absolute atomic E-state index is 12.5. The molecule has 2 nitrogen and oxygen atoms in total. The Labute approximate surface area is 78.1 Å². The van der Waals surface area contributed by atoms with Crippen molar-refractivity contribution in [2.45, 2.75) is 38.8 Å². The molecular weight excluding hydrogens is 169 g/mol. The number of alkyl halides is 1. The third kappa shape index (κ3) is 1.45. The molecule has 0 bridgehead atoms. The number of carbonyl (C=O) groups excluding carboxylic acids is 1. The zero-order chi connectivity index (χ0) is 9.47. The Morgan fingerprint density at radius 1 is 1.38 bits per heavy atom. The van der Waals surface area contributed by atoms with Gasteiger partial charge in [0.25, 0.3) is 0 Å². The van der Waals surface area contributed by atoms with Gasteiger partial charge in [0.1, 0.15) is 6.17 Å². The lowest BCUT2D eigenvalue weighted by atomic mass is 9.86. The molecule has 2 aliphatic rings. The molecule has 0 atom stereocenters. The minimum Gasteiger partial charge on any atom is -0.336 e. The molecule has 2 rings (SSSR count). The van der Waals surface area contributed by atoms with E-state index < -0.39 is 6.17 Å². The molecule has 13 heavy (non-hydrogen) atoms. The summed E-state index contributed by atoms with van der Waals surface area (Å²) in [7, 11) is 0. The molecule has 0 unspecified atom stereocenters. The lowest BCUT2D eigenvalue weighted by Crippen LogP contribution is -2.55. The van der Waals surface area contributed by atoms with Crippen molar-refractivity contribution in [3.8, 4) is 0 Å². The van der Waals surface area contributed by atoms with Crippen molar-refractivity contribution in [3.05, 3.63) is 0 Å². The molecule has 2 fully saturated rings. The van der Waals surface area contributed by atoms with E-state index in [0.29, 0.717) is 13.1 Å². The van der Waals surface area contributed by atoms with Crippen LogP contribution in [-0.4, -0.2) is 30.1 Å². The van der Waals surface area contributed by atoms with Gasteiger partial charge in [-0.15, -0.1) is 0 Å². The molecule has 1 aliphatic heterocycles. The number of rotatable bonds is 1. The van der Waals surface area contributed by atoms with Crippen LogP contribution in [0.25, 0.3) is 0 Å². The fraction of sp³-hybridized carbons (Fsp3) is 0.900. The van der Waals surface area contributed by atoms with Crippen LogP contribution in [0.3, 0.4) is 0 Å². The Hall–Kier alpha value is -0.600. The summed E-state index contributed by atoms with van der Waals surface area (Å²) >= 11 is 0. The summed E-state index contributed by atoms with van der Waals surface area (Å²) in [6.07, 6.45) is 3.50. The van der Waals surface area contributed by atoms with E-state index >= 15 is 0 Å². The van der Waals surface area contributed by atoms with Gasteiger partial charge in [0.05, 0.1) is 13.1 Å². The molecule has 1 aliphatic carbocycles. The van der Waals surface area contributed by atoms with Gasteiger partial charge in [0.2, 0.25) is 5.91 Å². The topological polar surface area (TPSA) is 20.3 Å². The van der Waals surface area contributed by atoms with Crippen LogP contribution < -0.4 is 0 Å². The second-order valence-electron chi connectivity index (χ2n) is 4.58. The van der Waals surface area contributed by atoms with Crippen molar-refractivity contribution < 1.29 is 9.18 Å². The van der Waals surface area contributed by atoms with Crippen LogP contribution in [0.4, 0.5) is 4.39 Å². The van der Waals surface area contributed by atoms with Gasteiger partial charge >= 0.3 is 0 Å².